The van der Waals surface area contributed by atoms with E-state index in [1.54, 1.807) is 0 Å². The monoisotopic (exact) mass is 372 g/mol. The predicted molar refractivity (Wildman–Crippen MR) is 119 cm³/mol. The van der Waals surface area contributed by atoms with Crippen molar-refractivity contribution >= 4 is 5.97 Å². The van der Waals surface area contributed by atoms with Gasteiger partial charge in [0.2, 0.25) is 0 Å². The van der Waals surface area contributed by atoms with E-state index in [9.17, 15) is 4.79 Å². The second kappa shape index (κ2) is 17.6. The van der Waals surface area contributed by atoms with Gasteiger partial charge in [-0.15, -0.1) is 0 Å². The van der Waals surface area contributed by atoms with Crippen LogP contribution in [0.15, 0.2) is 60.8 Å². The number of allylic oxidation sites excluding steroid dienone is 10. The Labute approximate surface area is 167 Å². The molecule has 0 radical (unpaired) electrons. The number of carboxylic acid groups (broad SMARTS) is 1. The highest BCUT2D eigenvalue weighted by Crippen LogP contribution is 2.18. The van der Waals surface area contributed by atoms with Crippen molar-refractivity contribution in [3.8, 4) is 0 Å². The Morgan fingerprint density at radius 3 is 2.15 bits per heavy atom. The Kier molecular flexibility index (Phi) is 16.4. The summed E-state index contributed by atoms with van der Waals surface area (Å²) in [7, 11) is 0. The Bertz CT molecular complexity index is 508. The molecule has 0 spiro atoms. The standard InChI is InChI=1S/C25H40O2/c1-5-6-14-17-22(2)18-15-12-10-8-7-9-11-13-16-19-23(3)24(4)20-21-25(26)27/h7,9-13,15-16,18-19,22-24H,5-6,8,14,17,20-21H2,1-4H3,(H,26,27)/b9-7-,12-10-,13-11+,18-15+,19-16+. The van der Waals surface area contributed by atoms with Gasteiger partial charge in [-0.3, -0.25) is 4.79 Å². The molecule has 0 aromatic heterocycles. The van der Waals surface area contributed by atoms with E-state index < -0.39 is 5.97 Å². The molecule has 0 bridgehead atoms. The zero-order valence-corrected chi connectivity index (χ0v) is 17.8. The first kappa shape index (κ1) is 25.2. The summed E-state index contributed by atoms with van der Waals surface area (Å²) in [6.45, 7) is 8.77. The van der Waals surface area contributed by atoms with Gasteiger partial charge in [0.25, 0.3) is 0 Å². The van der Waals surface area contributed by atoms with Gasteiger partial charge in [0, 0.05) is 6.42 Å². The number of unbranched alkanes of at least 4 members (excludes halogenated alkanes) is 2. The number of carboxylic acids is 1. The highest BCUT2D eigenvalue weighted by molar-refractivity contribution is 5.66. The zero-order chi connectivity index (χ0) is 20.3. The van der Waals surface area contributed by atoms with Crippen molar-refractivity contribution < 1.29 is 9.90 Å². The number of rotatable bonds is 15. The fourth-order valence-corrected chi connectivity index (χ4v) is 2.63. The van der Waals surface area contributed by atoms with Crippen molar-refractivity contribution in [2.75, 3.05) is 0 Å². The third-order valence-electron chi connectivity index (χ3n) is 4.82. The van der Waals surface area contributed by atoms with E-state index in [1.807, 2.05) is 18.2 Å². The largest absolute Gasteiger partial charge is 0.481 e. The van der Waals surface area contributed by atoms with Gasteiger partial charge in [0.15, 0.2) is 0 Å². The lowest BCUT2D eigenvalue weighted by atomic mass is 9.91. The summed E-state index contributed by atoms with van der Waals surface area (Å²) in [5.74, 6) is 0.723. The quantitative estimate of drug-likeness (QED) is 0.238. The van der Waals surface area contributed by atoms with Crippen LogP contribution in [0, 0.1) is 17.8 Å². The Hall–Kier alpha value is -1.83. The van der Waals surface area contributed by atoms with Crippen LogP contribution in [0.4, 0.5) is 0 Å². The van der Waals surface area contributed by atoms with Crippen LogP contribution < -0.4 is 0 Å². The van der Waals surface area contributed by atoms with Gasteiger partial charge < -0.3 is 5.11 Å². The van der Waals surface area contributed by atoms with Gasteiger partial charge in [-0.2, -0.15) is 0 Å². The lowest BCUT2D eigenvalue weighted by Gasteiger charge is -2.14. The Balaban J connectivity index is 3.93. The molecular weight excluding hydrogens is 332 g/mol. The van der Waals surface area contributed by atoms with E-state index in [2.05, 4.69) is 70.2 Å². The van der Waals surface area contributed by atoms with Crippen molar-refractivity contribution in [3.05, 3.63) is 60.8 Å². The second-order valence-corrected chi connectivity index (χ2v) is 7.49. The molecular formula is C25H40O2. The molecule has 3 unspecified atom stereocenters. The molecule has 2 nitrogen and oxygen atoms in total. The molecule has 0 aliphatic rings. The number of hydrogen-bond donors (Lipinski definition) is 1. The third-order valence-corrected chi connectivity index (χ3v) is 4.82. The number of carbonyl (C=O) groups is 1. The van der Waals surface area contributed by atoms with Crippen LogP contribution >= 0.6 is 0 Å². The summed E-state index contributed by atoms with van der Waals surface area (Å²) in [4.78, 5) is 10.6. The van der Waals surface area contributed by atoms with E-state index in [0.29, 0.717) is 17.8 Å². The maximum absolute atomic E-state index is 10.6. The van der Waals surface area contributed by atoms with Crippen molar-refractivity contribution in [1.29, 1.82) is 0 Å². The Morgan fingerprint density at radius 1 is 0.852 bits per heavy atom. The summed E-state index contributed by atoms with van der Waals surface area (Å²) >= 11 is 0. The lowest BCUT2D eigenvalue weighted by Crippen LogP contribution is -2.07. The van der Waals surface area contributed by atoms with Crippen molar-refractivity contribution in [2.45, 2.75) is 72.6 Å². The van der Waals surface area contributed by atoms with E-state index in [1.165, 1.54) is 25.7 Å². The molecule has 0 rings (SSSR count). The normalized spacial score (nSPS) is 16.3. The summed E-state index contributed by atoms with van der Waals surface area (Å²) in [5, 5.41) is 8.73. The predicted octanol–water partition coefficient (Wildman–Crippen LogP) is 7.51. The summed E-state index contributed by atoms with van der Waals surface area (Å²) in [6, 6.07) is 0. The molecule has 0 heterocycles. The van der Waals surface area contributed by atoms with Crippen molar-refractivity contribution in [1.82, 2.24) is 0 Å². The first-order valence-electron chi connectivity index (χ1n) is 10.5. The molecule has 0 aliphatic heterocycles. The summed E-state index contributed by atoms with van der Waals surface area (Å²) in [5.41, 5.74) is 0. The van der Waals surface area contributed by atoms with Gasteiger partial charge >= 0.3 is 5.97 Å². The highest BCUT2D eigenvalue weighted by Gasteiger charge is 2.10. The van der Waals surface area contributed by atoms with Crippen LogP contribution in [0.3, 0.4) is 0 Å². The Morgan fingerprint density at radius 2 is 1.48 bits per heavy atom. The van der Waals surface area contributed by atoms with E-state index in [-0.39, 0.29) is 6.42 Å². The van der Waals surface area contributed by atoms with Crippen LogP contribution in [-0.4, -0.2) is 11.1 Å². The SMILES string of the molecule is CCCCCC(C)/C=C/C=C\C\C=C/C=C/C=C/C(C)C(C)CCC(=O)O. The first-order chi connectivity index (χ1) is 13.0. The second-order valence-electron chi connectivity index (χ2n) is 7.49. The fraction of sp³-hybridized carbons (Fsp3) is 0.560. The van der Waals surface area contributed by atoms with Crippen LogP contribution in [0.1, 0.15) is 72.6 Å². The van der Waals surface area contributed by atoms with E-state index in [4.69, 9.17) is 5.11 Å². The smallest absolute Gasteiger partial charge is 0.303 e. The molecule has 27 heavy (non-hydrogen) atoms. The minimum atomic E-state index is -0.714. The maximum Gasteiger partial charge on any atom is 0.303 e. The van der Waals surface area contributed by atoms with Gasteiger partial charge in [0.1, 0.15) is 0 Å². The molecule has 0 aliphatic carbocycles. The van der Waals surface area contributed by atoms with Gasteiger partial charge in [-0.25, -0.2) is 0 Å². The van der Waals surface area contributed by atoms with E-state index in [0.717, 1.165) is 12.8 Å². The molecule has 0 aromatic carbocycles. The molecule has 0 saturated carbocycles. The maximum atomic E-state index is 10.6. The topological polar surface area (TPSA) is 37.3 Å². The molecule has 1 N–H and O–H groups in total. The number of hydrogen-bond acceptors (Lipinski definition) is 1. The zero-order valence-electron chi connectivity index (χ0n) is 17.8. The summed E-state index contributed by atoms with van der Waals surface area (Å²) in [6.07, 6.45) is 28.3. The molecule has 0 fully saturated rings. The first-order valence-corrected chi connectivity index (χ1v) is 10.5. The van der Waals surface area contributed by atoms with Crippen LogP contribution in [-0.2, 0) is 4.79 Å². The molecule has 0 saturated heterocycles. The van der Waals surface area contributed by atoms with E-state index >= 15 is 0 Å². The van der Waals surface area contributed by atoms with Crippen LogP contribution in [0.25, 0.3) is 0 Å². The number of aliphatic carboxylic acids is 1. The van der Waals surface area contributed by atoms with Crippen LogP contribution in [0.5, 0.6) is 0 Å². The van der Waals surface area contributed by atoms with Crippen molar-refractivity contribution in [2.24, 2.45) is 17.8 Å². The van der Waals surface area contributed by atoms with Crippen LogP contribution in [0.2, 0.25) is 0 Å². The van der Waals surface area contributed by atoms with Gasteiger partial charge in [0.05, 0.1) is 0 Å². The average Bonchev–Trinajstić information content (AvgIpc) is 2.64. The molecule has 3 atom stereocenters. The van der Waals surface area contributed by atoms with Gasteiger partial charge in [-0.1, -0.05) is 108 Å². The summed E-state index contributed by atoms with van der Waals surface area (Å²) < 4.78 is 0. The minimum Gasteiger partial charge on any atom is -0.481 e. The molecule has 0 aromatic rings. The lowest BCUT2D eigenvalue weighted by molar-refractivity contribution is -0.137. The molecule has 2 heteroatoms. The fourth-order valence-electron chi connectivity index (χ4n) is 2.63. The van der Waals surface area contributed by atoms with Gasteiger partial charge in [-0.05, 0) is 37.0 Å². The minimum absolute atomic E-state index is 0.248. The van der Waals surface area contributed by atoms with Crippen molar-refractivity contribution in [3.63, 3.8) is 0 Å². The average molecular weight is 373 g/mol. The highest BCUT2D eigenvalue weighted by atomic mass is 16.4. The molecule has 0 amide bonds. The molecule has 152 valence electrons. The third kappa shape index (κ3) is 17.3.